The number of aromatic hydroxyl groups is 1. The Labute approximate surface area is 151 Å². The molecule has 0 bridgehead atoms. The highest BCUT2D eigenvalue weighted by molar-refractivity contribution is 7.92. The Bertz CT molecular complexity index is 722. The Kier molecular flexibility index (Phi) is 7.35. The number of phenols is 1. The average Bonchev–Trinajstić information content (AvgIpc) is 2.62. The first-order chi connectivity index (χ1) is 12.0. The number of unbranched alkanes of at least 4 members (excludes halogenated alkanes) is 3. The fourth-order valence-electron chi connectivity index (χ4n) is 2.66. The molecule has 0 unspecified atom stereocenters. The molecule has 0 aromatic heterocycles. The van der Waals surface area contributed by atoms with Crippen LogP contribution in [0.1, 0.15) is 32.6 Å². The van der Waals surface area contributed by atoms with Crippen molar-refractivity contribution >= 4 is 15.7 Å². The van der Waals surface area contributed by atoms with Gasteiger partial charge in [-0.2, -0.15) is 4.31 Å². The van der Waals surface area contributed by atoms with Crippen molar-refractivity contribution in [2.24, 2.45) is 0 Å². The molecule has 0 atom stereocenters. The average molecular weight is 362 g/mol. The van der Waals surface area contributed by atoms with Crippen molar-refractivity contribution in [3.63, 3.8) is 0 Å². The Hall–Kier alpha value is -1.97. The van der Waals surface area contributed by atoms with E-state index in [1.807, 2.05) is 12.1 Å². The summed E-state index contributed by atoms with van der Waals surface area (Å²) in [7, 11) is -3.41. The van der Waals surface area contributed by atoms with Crippen molar-refractivity contribution in [2.75, 3.05) is 31.1 Å². The summed E-state index contributed by atoms with van der Waals surface area (Å²) in [6.07, 6.45) is 5.62. The van der Waals surface area contributed by atoms with E-state index in [2.05, 4.69) is 23.7 Å². The second-order valence-electron chi connectivity index (χ2n) is 6.03. The fourth-order valence-corrected chi connectivity index (χ4v) is 3.75. The molecule has 0 radical (unpaired) electrons. The fraction of sp³-hybridized carbons (Fsp3) is 0.474. The van der Waals surface area contributed by atoms with E-state index in [1.165, 1.54) is 15.8 Å². The van der Waals surface area contributed by atoms with Crippen LogP contribution in [-0.4, -0.2) is 44.0 Å². The molecule has 136 valence electrons. The smallest absolute Gasteiger partial charge is 0.236 e. The second kappa shape index (κ2) is 9.50. The summed E-state index contributed by atoms with van der Waals surface area (Å²) in [5.74, 6) is 6.02. The molecule has 0 aliphatic carbocycles. The summed E-state index contributed by atoms with van der Waals surface area (Å²) < 4.78 is 26.1. The maximum atomic E-state index is 12.3. The number of hydrogen-bond acceptors (Lipinski definition) is 4. The van der Waals surface area contributed by atoms with Gasteiger partial charge in [-0.15, -0.1) is 0 Å². The van der Waals surface area contributed by atoms with Crippen LogP contribution >= 0.6 is 0 Å². The zero-order chi connectivity index (χ0) is 18.1. The van der Waals surface area contributed by atoms with Gasteiger partial charge in [0.2, 0.25) is 10.0 Å². The van der Waals surface area contributed by atoms with Gasteiger partial charge in [0.05, 0.1) is 5.41 Å². The molecule has 1 heterocycles. The van der Waals surface area contributed by atoms with E-state index in [0.29, 0.717) is 26.2 Å². The van der Waals surface area contributed by atoms with Gasteiger partial charge >= 0.3 is 0 Å². The molecule has 5 nitrogen and oxygen atoms in total. The summed E-state index contributed by atoms with van der Waals surface area (Å²) in [5.41, 5.74) is 0.989. The lowest BCUT2D eigenvalue weighted by molar-refractivity contribution is 0.390. The predicted octanol–water partition coefficient (Wildman–Crippen LogP) is 2.94. The Morgan fingerprint density at radius 2 is 1.80 bits per heavy atom. The van der Waals surface area contributed by atoms with Crippen LogP contribution in [0.5, 0.6) is 5.75 Å². The maximum Gasteiger partial charge on any atom is 0.236 e. The molecule has 0 saturated carbocycles. The quantitative estimate of drug-likeness (QED) is 0.624. The van der Waals surface area contributed by atoms with Gasteiger partial charge in [-0.1, -0.05) is 31.6 Å². The lowest BCUT2D eigenvalue weighted by Gasteiger charge is -2.34. The van der Waals surface area contributed by atoms with Crippen molar-refractivity contribution in [3.8, 4) is 17.6 Å². The third-order valence-electron chi connectivity index (χ3n) is 4.14. The Balaban J connectivity index is 1.85. The summed E-state index contributed by atoms with van der Waals surface area (Å²) in [6, 6.07) is 6.96. The van der Waals surface area contributed by atoms with Crippen LogP contribution in [0, 0.1) is 11.8 Å². The van der Waals surface area contributed by atoms with Gasteiger partial charge in [-0.3, -0.25) is 0 Å². The van der Waals surface area contributed by atoms with Crippen molar-refractivity contribution in [1.29, 1.82) is 0 Å². The molecule has 1 aromatic rings. The van der Waals surface area contributed by atoms with E-state index >= 15 is 0 Å². The van der Waals surface area contributed by atoms with Crippen LogP contribution in [0.2, 0.25) is 0 Å². The molecule has 1 aromatic carbocycles. The predicted molar refractivity (Wildman–Crippen MR) is 102 cm³/mol. The molecule has 0 spiro atoms. The number of allylic oxidation sites excluding steroid dienone is 1. The third-order valence-corrected chi connectivity index (χ3v) is 5.71. The first-order valence-corrected chi connectivity index (χ1v) is 10.2. The van der Waals surface area contributed by atoms with Gasteiger partial charge in [-0.05, 0) is 30.7 Å². The minimum absolute atomic E-state index is 0.228. The van der Waals surface area contributed by atoms with Crippen molar-refractivity contribution in [2.45, 2.75) is 32.6 Å². The van der Waals surface area contributed by atoms with Crippen LogP contribution in [-0.2, 0) is 10.0 Å². The van der Waals surface area contributed by atoms with E-state index < -0.39 is 10.0 Å². The number of rotatable bonds is 6. The Morgan fingerprint density at radius 3 is 2.44 bits per heavy atom. The normalized spacial score (nSPS) is 16.0. The summed E-state index contributed by atoms with van der Waals surface area (Å²) in [4.78, 5) is 2.11. The topological polar surface area (TPSA) is 60.9 Å². The van der Waals surface area contributed by atoms with Crippen LogP contribution in [0.25, 0.3) is 0 Å². The summed E-state index contributed by atoms with van der Waals surface area (Å²) >= 11 is 0. The van der Waals surface area contributed by atoms with Crippen LogP contribution in [0.15, 0.2) is 35.7 Å². The first-order valence-electron chi connectivity index (χ1n) is 8.72. The number of sulfonamides is 1. The summed E-state index contributed by atoms with van der Waals surface area (Å²) in [5, 5.41) is 10.5. The van der Waals surface area contributed by atoms with Gasteiger partial charge in [0.15, 0.2) is 0 Å². The number of nitrogens with zero attached hydrogens (tertiary/aromatic N) is 2. The van der Waals surface area contributed by atoms with Gasteiger partial charge < -0.3 is 10.0 Å². The minimum atomic E-state index is -3.41. The Morgan fingerprint density at radius 1 is 1.12 bits per heavy atom. The van der Waals surface area contributed by atoms with E-state index in [0.717, 1.165) is 31.4 Å². The van der Waals surface area contributed by atoms with Crippen molar-refractivity contribution in [3.05, 3.63) is 35.7 Å². The molecule has 1 N–H and O–H groups in total. The van der Waals surface area contributed by atoms with Gasteiger partial charge in [0.1, 0.15) is 5.75 Å². The highest BCUT2D eigenvalue weighted by Crippen LogP contribution is 2.20. The van der Waals surface area contributed by atoms with E-state index in [9.17, 15) is 13.5 Å². The second-order valence-corrected chi connectivity index (χ2v) is 7.85. The minimum Gasteiger partial charge on any atom is -0.508 e. The molecule has 1 saturated heterocycles. The van der Waals surface area contributed by atoms with Crippen LogP contribution in [0.3, 0.4) is 0 Å². The third kappa shape index (κ3) is 6.11. The lowest BCUT2D eigenvalue weighted by Crippen LogP contribution is -2.48. The molecule has 1 aliphatic rings. The van der Waals surface area contributed by atoms with Gasteiger partial charge in [-0.25, -0.2) is 8.42 Å². The zero-order valence-corrected chi connectivity index (χ0v) is 15.5. The molecule has 6 heteroatoms. The van der Waals surface area contributed by atoms with Crippen molar-refractivity contribution < 1.29 is 13.5 Å². The first kappa shape index (κ1) is 19.4. The SMILES string of the molecule is CCCCCC#CC=CS(=O)(=O)N1CCN(c2ccc(O)cc2)CC1. The monoisotopic (exact) mass is 362 g/mol. The standard InChI is InChI=1S/C19H26N2O3S/c1-2-3-4-5-6-7-8-17-25(23,24)21-15-13-20(14-16-21)18-9-11-19(22)12-10-18/h8-12,17,22H,2-5,13-16H2,1H3. The largest absolute Gasteiger partial charge is 0.508 e. The molecule has 1 fully saturated rings. The molecular formula is C19H26N2O3S. The van der Waals surface area contributed by atoms with E-state index in [4.69, 9.17) is 0 Å². The molecule has 1 aliphatic heterocycles. The van der Waals surface area contributed by atoms with Gasteiger partial charge in [0, 0.05) is 44.4 Å². The van der Waals surface area contributed by atoms with Crippen LogP contribution < -0.4 is 4.90 Å². The number of anilines is 1. The lowest BCUT2D eigenvalue weighted by atomic mass is 10.2. The molecule has 0 amide bonds. The zero-order valence-electron chi connectivity index (χ0n) is 14.7. The number of piperazine rings is 1. The van der Waals surface area contributed by atoms with E-state index in [-0.39, 0.29) is 5.75 Å². The number of hydrogen-bond donors (Lipinski definition) is 1. The number of phenolic OH excluding ortho intramolecular Hbond substituents is 1. The molecule has 25 heavy (non-hydrogen) atoms. The molecule has 2 rings (SSSR count). The van der Waals surface area contributed by atoms with E-state index in [1.54, 1.807) is 12.1 Å². The van der Waals surface area contributed by atoms with Crippen LogP contribution in [0.4, 0.5) is 5.69 Å². The summed E-state index contributed by atoms with van der Waals surface area (Å²) in [6.45, 7) is 4.28. The molecular weight excluding hydrogens is 336 g/mol. The van der Waals surface area contributed by atoms with Crippen molar-refractivity contribution in [1.82, 2.24) is 4.31 Å². The number of benzene rings is 1. The highest BCUT2D eigenvalue weighted by Gasteiger charge is 2.24. The van der Waals surface area contributed by atoms with Gasteiger partial charge in [0.25, 0.3) is 0 Å². The maximum absolute atomic E-state index is 12.3. The highest BCUT2D eigenvalue weighted by atomic mass is 32.2.